The maximum absolute atomic E-state index is 13.2. The van der Waals surface area contributed by atoms with E-state index in [1.807, 2.05) is 0 Å². The van der Waals surface area contributed by atoms with Crippen molar-refractivity contribution in [3.63, 3.8) is 0 Å². The van der Waals surface area contributed by atoms with Crippen molar-refractivity contribution in [3.05, 3.63) is 22.6 Å². The monoisotopic (exact) mass is 221 g/mol. The summed E-state index contributed by atoms with van der Waals surface area (Å²) < 4.78 is 13.2. The van der Waals surface area contributed by atoms with Crippen LogP contribution in [0.5, 0.6) is 0 Å². The molecule has 0 atom stereocenters. The number of carboxylic acid groups (broad SMARTS) is 1. The average Bonchev–Trinajstić information content (AvgIpc) is 2.08. The van der Waals surface area contributed by atoms with Gasteiger partial charge in [0.1, 0.15) is 15.7 Å². The Morgan fingerprint density at radius 2 is 2.38 bits per heavy atom. The summed E-state index contributed by atoms with van der Waals surface area (Å²) in [7, 11) is 0. The van der Waals surface area contributed by atoms with Gasteiger partial charge in [0.15, 0.2) is 5.82 Å². The number of rotatable bonds is 2. The number of hydrogen-bond donors (Lipinski definition) is 1. The Bertz CT molecular complexity index is 359. The first-order valence-corrected chi connectivity index (χ1v) is 4.80. The highest BCUT2D eigenvalue weighted by Gasteiger charge is 2.16. The van der Waals surface area contributed by atoms with Gasteiger partial charge in [0, 0.05) is 0 Å². The second-order valence-electron chi connectivity index (χ2n) is 2.12. The highest BCUT2D eigenvalue weighted by Crippen LogP contribution is 2.22. The molecule has 0 aliphatic rings. The molecule has 1 aromatic heterocycles. The normalized spacial score (nSPS) is 10.1. The van der Waals surface area contributed by atoms with Crippen molar-refractivity contribution in [2.24, 2.45) is 0 Å². The van der Waals surface area contributed by atoms with Gasteiger partial charge < -0.3 is 5.11 Å². The van der Waals surface area contributed by atoms with Crippen LogP contribution in [-0.2, 0) is 0 Å². The zero-order valence-corrected chi connectivity index (χ0v) is 8.12. The summed E-state index contributed by atoms with van der Waals surface area (Å²) in [4.78, 5) is 14.1. The molecule has 0 aromatic carbocycles. The van der Waals surface area contributed by atoms with E-state index in [2.05, 4.69) is 4.98 Å². The Morgan fingerprint density at radius 1 is 1.77 bits per heavy atom. The van der Waals surface area contributed by atoms with E-state index in [9.17, 15) is 9.18 Å². The summed E-state index contributed by atoms with van der Waals surface area (Å²) in [5, 5.41) is 8.54. The largest absolute Gasteiger partial charge is 0.478 e. The Morgan fingerprint density at radius 3 is 2.85 bits per heavy atom. The molecule has 3 nitrogen and oxygen atoms in total. The third kappa shape index (κ3) is 2.10. The van der Waals surface area contributed by atoms with Crippen molar-refractivity contribution in [3.8, 4) is 0 Å². The Balaban J connectivity index is 3.35. The fraction of sp³-hybridized carbons (Fsp3) is 0.143. The van der Waals surface area contributed by atoms with E-state index in [0.29, 0.717) is 0 Å². The van der Waals surface area contributed by atoms with Gasteiger partial charge in [0.05, 0.1) is 0 Å². The van der Waals surface area contributed by atoms with Crippen LogP contribution in [-0.4, -0.2) is 22.3 Å². The van der Waals surface area contributed by atoms with Crippen LogP contribution in [0.15, 0.2) is 11.1 Å². The van der Waals surface area contributed by atoms with Crippen molar-refractivity contribution in [1.82, 2.24) is 4.98 Å². The Labute approximate surface area is 82.9 Å². The van der Waals surface area contributed by atoms with E-state index >= 15 is 0 Å². The highest BCUT2D eigenvalue weighted by molar-refractivity contribution is 7.98. The molecule has 0 bridgehead atoms. The summed E-state index contributed by atoms with van der Waals surface area (Å²) in [6.07, 6.45) is 1.59. The molecule has 13 heavy (non-hydrogen) atoms. The lowest BCUT2D eigenvalue weighted by Crippen LogP contribution is -2.03. The summed E-state index contributed by atoms with van der Waals surface area (Å²) >= 11 is 6.50. The highest BCUT2D eigenvalue weighted by atomic mass is 35.5. The lowest BCUT2D eigenvalue weighted by atomic mass is 10.2. The van der Waals surface area contributed by atoms with E-state index in [1.54, 1.807) is 6.26 Å². The molecule has 0 spiro atoms. The fourth-order valence-electron chi connectivity index (χ4n) is 0.767. The predicted octanol–water partition coefficient (Wildman–Crippen LogP) is 2.29. The molecule has 0 amide bonds. The number of thioether (sulfide) groups is 1. The molecule has 0 aliphatic carbocycles. The molecule has 6 heteroatoms. The maximum Gasteiger partial charge on any atom is 0.338 e. The molecule has 0 saturated heterocycles. The quantitative estimate of drug-likeness (QED) is 0.615. The van der Waals surface area contributed by atoms with Crippen molar-refractivity contribution < 1.29 is 14.3 Å². The number of nitrogens with zero attached hydrogens (tertiary/aromatic N) is 1. The van der Waals surface area contributed by atoms with Crippen LogP contribution in [0, 0.1) is 5.82 Å². The van der Waals surface area contributed by atoms with Crippen LogP contribution in [0.3, 0.4) is 0 Å². The summed E-state index contributed by atoms with van der Waals surface area (Å²) in [6, 6.07) is 0.985. The first kappa shape index (κ1) is 10.3. The zero-order valence-electron chi connectivity index (χ0n) is 6.54. The van der Waals surface area contributed by atoms with Crippen LogP contribution >= 0.6 is 23.4 Å². The minimum Gasteiger partial charge on any atom is -0.478 e. The number of carboxylic acids is 1. The third-order valence-electron chi connectivity index (χ3n) is 1.32. The van der Waals surface area contributed by atoms with Crippen molar-refractivity contribution in [2.75, 3.05) is 6.26 Å². The van der Waals surface area contributed by atoms with E-state index in [1.165, 1.54) is 0 Å². The van der Waals surface area contributed by atoms with Gasteiger partial charge >= 0.3 is 5.97 Å². The van der Waals surface area contributed by atoms with Crippen LogP contribution in [0.4, 0.5) is 4.39 Å². The standard InChI is InChI=1S/C7H5ClFNO2S/c1-13-6-5(9)3(7(11)12)2-4(8)10-6/h2H,1H3,(H,11,12). The van der Waals surface area contributed by atoms with E-state index in [0.717, 1.165) is 17.8 Å². The van der Waals surface area contributed by atoms with Crippen LogP contribution in [0.25, 0.3) is 0 Å². The van der Waals surface area contributed by atoms with Crippen LogP contribution in [0.1, 0.15) is 10.4 Å². The second kappa shape index (κ2) is 3.93. The van der Waals surface area contributed by atoms with Crippen LogP contribution in [0.2, 0.25) is 5.15 Å². The lowest BCUT2D eigenvalue weighted by molar-refractivity contribution is 0.0691. The molecule has 0 saturated carbocycles. The zero-order chi connectivity index (χ0) is 10.0. The van der Waals surface area contributed by atoms with Gasteiger partial charge in [-0.2, -0.15) is 0 Å². The topological polar surface area (TPSA) is 50.2 Å². The van der Waals surface area contributed by atoms with Crippen molar-refractivity contribution >= 4 is 29.3 Å². The molecular weight excluding hydrogens is 217 g/mol. The van der Waals surface area contributed by atoms with Gasteiger partial charge in [0.25, 0.3) is 0 Å². The number of aromatic carboxylic acids is 1. The number of pyridine rings is 1. The minimum absolute atomic E-state index is 0.00935. The van der Waals surface area contributed by atoms with Crippen molar-refractivity contribution in [2.45, 2.75) is 5.03 Å². The smallest absolute Gasteiger partial charge is 0.338 e. The Kier molecular flexibility index (Phi) is 3.11. The van der Waals surface area contributed by atoms with Gasteiger partial charge in [-0.1, -0.05) is 11.6 Å². The van der Waals surface area contributed by atoms with Gasteiger partial charge in [0.2, 0.25) is 0 Å². The Hall–Kier alpha value is -0.810. The molecule has 0 unspecified atom stereocenters. The first-order valence-electron chi connectivity index (χ1n) is 3.19. The van der Waals surface area contributed by atoms with E-state index < -0.39 is 17.3 Å². The van der Waals surface area contributed by atoms with Gasteiger partial charge in [-0.15, -0.1) is 11.8 Å². The van der Waals surface area contributed by atoms with Gasteiger partial charge in [-0.05, 0) is 12.3 Å². The number of carbonyl (C=O) groups is 1. The maximum atomic E-state index is 13.2. The number of halogens is 2. The van der Waals surface area contributed by atoms with Crippen molar-refractivity contribution in [1.29, 1.82) is 0 Å². The van der Waals surface area contributed by atoms with Crippen LogP contribution < -0.4 is 0 Å². The molecule has 0 radical (unpaired) electrons. The fourth-order valence-corrected chi connectivity index (χ4v) is 1.49. The minimum atomic E-state index is -1.35. The lowest BCUT2D eigenvalue weighted by Gasteiger charge is -2.02. The average molecular weight is 222 g/mol. The second-order valence-corrected chi connectivity index (χ2v) is 3.30. The SMILES string of the molecule is CSc1nc(Cl)cc(C(=O)O)c1F. The predicted molar refractivity (Wildman–Crippen MR) is 47.9 cm³/mol. The molecular formula is C7H5ClFNO2S. The summed E-state index contributed by atoms with van der Waals surface area (Å²) in [5.41, 5.74) is -0.454. The molecule has 1 aromatic rings. The van der Waals surface area contributed by atoms with Gasteiger partial charge in [-0.3, -0.25) is 0 Å². The molecule has 1 N–H and O–H groups in total. The number of aromatic nitrogens is 1. The molecule has 0 fully saturated rings. The number of hydrogen-bond acceptors (Lipinski definition) is 3. The molecule has 1 heterocycles. The van der Waals surface area contributed by atoms with E-state index in [-0.39, 0.29) is 10.2 Å². The van der Waals surface area contributed by atoms with E-state index in [4.69, 9.17) is 16.7 Å². The molecule has 0 aliphatic heterocycles. The summed E-state index contributed by atoms with van der Waals surface area (Å²) in [6.45, 7) is 0. The van der Waals surface area contributed by atoms with Gasteiger partial charge in [-0.25, -0.2) is 14.2 Å². The molecule has 1 rings (SSSR count). The summed E-state index contributed by atoms with van der Waals surface area (Å²) in [5.74, 6) is -2.19. The molecule has 70 valence electrons. The first-order chi connectivity index (χ1) is 6.06. The third-order valence-corrected chi connectivity index (χ3v) is 2.17.